The highest BCUT2D eigenvalue weighted by Gasteiger charge is 2.13. The molecule has 0 N–H and O–H groups in total. The molecular formula is C13H12Cl2N4S. The standard InChI is InChI=1S/C13H12Cl2N4S/c1-8-5-16-12(20-8)7-19-11(2-3-14)18-10-4-9(15)6-17-13(10)19/h4-6H,2-3,7H2,1H3. The highest BCUT2D eigenvalue weighted by molar-refractivity contribution is 7.11. The maximum atomic E-state index is 5.97. The maximum absolute atomic E-state index is 5.97. The molecule has 0 aliphatic carbocycles. The summed E-state index contributed by atoms with van der Waals surface area (Å²) in [4.78, 5) is 14.6. The first-order valence-electron chi connectivity index (χ1n) is 6.15. The molecule has 0 saturated carbocycles. The van der Waals surface area contributed by atoms with E-state index in [0.29, 0.717) is 23.9 Å². The van der Waals surface area contributed by atoms with Crippen LogP contribution in [-0.2, 0) is 13.0 Å². The lowest BCUT2D eigenvalue weighted by Crippen LogP contribution is -2.06. The van der Waals surface area contributed by atoms with Crippen molar-refractivity contribution in [2.45, 2.75) is 19.9 Å². The lowest BCUT2D eigenvalue weighted by molar-refractivity contribution is 0.743. The molecule has 3 aromatic rings. The van der Waals surface area contributed by atoms with Gasteiger partial charge in [0.1, 0.15) is 16.3 Å². The van der Waals surface area contributed by atoms with Crippen molar-refractivity contribution >= 4 is 45.7 Å². The molecule has 0 aliphatic rings. The van der Waals surface area contributed by atoms with Crippen LogP contribution in [0.25, 0.3) is 11.2 Å². The summed E-state index contributed by atoms with van der Waals surface area (Å²) in [7, 11) is 0. The van der Waals surface area contributed by atoms with Gasteiger partial charge in [0.25, 0.3) is 0 Å². The van der Waals surface area contributed by atoms with E-state index in [4.69, 9.17) is 23.2 Å². The van der Waals surface area contributed by atoms with Gasteiger partial charge in [-0.15, -0.1) is 22.9 Å². The molecule has 104 valence electrons. The molecule has 0 spiro atoms. The Labute approximate surface area is 130 Å². The van der Waals surface area contributed by atoms with Gasteiger partial charge in [-0.1, -0.05) is 11.6 Å². The molecule has 0 radical (unpaired) electrons. The zero-order chi connectivity index (χ0) is 14.1. The lowest BCUT2D eigenvalue weighted by atomic mass is 10.4. The van der Waals surface area contributed by atoms with Gasteiger partial charge in [-0.25, -0.2) is 15.0 Å². The van der Waals surface area contributed by atoms with Gasteiger partial charge in [-0.3, -0.25) is 0 Å². The quantitative estimate of drug-likeness (QED) is 0.687. The molecule has 3 aromatic heterocycles. The minimum absolute atomic E-state index is 0.522. The summed E-state index contributed by atoms with van der Waals surface area (Å²) in [5.74, 6) is 1.44. The average Bonchev–Trinajstić information content (AvgIpc) is 2.95. The number of alkyl halides is 1. The molecule has 0 amide bonds. The number of pyridine rings is 1. The van der Waals surface area contributed by atoms with E-state index in [9.17, 15) is 0 Å². The first kappa shape index (κ1) is 13.8. The van der Waals surface area contributed by atoms with Crippen molar-refractivity contribution in [2.24, 2.45) is 0 Å². The second kappa shape index (κ2) is 5.68. The lowest BCUT2D eigenvalue weighted by Gasteiger charge is -2.05. The number of imidazole rings is 1. The van der Waals surface area contributed by atoms with E-state index in [1.54, 1.807) is 17.5 Å². The van der Waals surface area contributed by atoms with Crippen molar-refractivity contribution in [3.63, 3.8) is 0 Å². The third-order valence-electron chi connectivity index (χ3n) is 2.91. The molecule has 3 rings (SSSR count). The highest BCUT2D eigenvalue weighted by Crippen LogP contribution is 2.21. The van der Waals surface area contributed by atoms with Crippen LogP contribution in [0.2, 0.25) is 5.02 Å². The van der Waals surface area contributed by atoms with Crippen molar-refractivity contribution in [1.82, 2.24) is 19.5 Å². The first-order chi connectivity index (χ1) is 9.67. The van der Waals surface area contributed by atoms with E-state index < -0.39 is 0 Å². The van der Waals surface area contributed by atoms with Gasteiger partial charge in [-0.05, 0) is 13.0 Å². The molecule has 0 saturated heterocycles. The summed E-state index contributed by atoms with van der Waals surface area (Å²) >= 11 is 13.5. The van der Waals surface area contributed by atoms with Crippen molar-refractivity contribution in [3.8, 4) is 0 Å². The van der Waals surface area contributed by atoms with Crippen molar-refractivity contribution in [3.05, 3.63) is 39.2 Å². The van der Waals surface area contributed by atoms with Crippen LogP contribution in [-0.4, -0.2) is 25.4 Å². The topological polar surface area (TPSA) is 43.6 Å². The number of thiazole rings is 1. The predicted octanol–water partition coefficient (Wildman–Crippen LogP) is 3.68. The maximum Gasteiger partial charge on any atom is 0.160 e. The number of hydrogen-bond acceptors (Lipinski definition) is 4. The van der Waals surface area contributed by atoms with Crippen molar-refractivity contribution in [1.29, 1.82) is 0 Å². The molecular weight excluding hydrogens is 315 g/mol. The third-order valence-corrected chi connectivity index (χ3v) is 4.20. The van der Waals surface area contributed by atoms with Gasteiger partial charge in [0, 0.05) is 29.6 Å². The normalized spacial score (nSPS) is 11.3. The number of rotatable bonds is 4. The van der Waals surface area contributed by atoms with Crippen LogP contribution in [0, 0.1) is 6.92 Å². The Balaban J connectivity index is 2.08. The van der Waals surface area contributed by atoms with Crippen LogP contribution < -0.4 is 0 Å². The molecule has 4 nitrogen and oxygen atoms in total. The summed E-state index contributed by atoms with van der Waals surface area (Å²) in [5, 5.41) is 1.62. The van der Waals surface area contributed by atoms with E-state index in [2.05, 4.69) is 19.5 Å². The Kier molecular flexibility index (Phi) is 3.92. The van der Waals surface area contributed by atoms with Crippen LogP contribution in [0.5, 0.6) is 0 Å². The summed E-state index contributed by atoms with van der Waals surface area (Å²) in [5.41, 5.74) is 1.62. The van der Waals surface area contributed by atoms with Crippen LogP contribution in [0.15, 0.2) is 18.5 Å². The highest BCUT2D eigenvalue weighted by atomic mass is 35.5. The van der Waals surface area contributed by atoms with Gasteiger partial charge in [-0.2, -0.15) is 0 Å². The van der Waals surface area contributed by atoms with Crippen molar-refractivity contribution in [2.75, 3.05) is 5.88 Å². The Hall–Kier alpha value is -1.17. The molecule has 0 atom stereocenters. The number of halogens is 2. The molecule has 0 unspecified atom stereocenters. The van der Waals surface area contributed by atoms with Crippen molar-refractivity contribution < 1.29 is 0 Å². The van der Waals surface area contributed by atoms with Gasteiger partial charge in [0.05, 0.1) is 11.6 Å². The second-order valence-electron chi connectivity index (χ2n) is 4.41. The van der Waals surface area contributed by atoms with E-state index in [1.165, 1.54) is 4.88 Å². The number of aryl methyl sites for hydroxylation is 2. The van der Waals surface area contributed by atoms with E-state index in [0.717, 1.165) is 22.0 Å². The smallest absolute Gasteiger partial charge is 0.160 e. The molecule has 3 heterocycles. The number of aromatic nitrogens is 4. The van der Waals surface area contributed by atoms with E-state index >= 15 is 0 Å². The SMILES string of the molecule is Cc1cnc(Cn2c(CCCl)nc3cc(Cl)cnc32)s1. The van der Waals surface area contributed by atoms with Crippen LogP contribution in [0.1, 0.15) is 15.7 Å². The Morgan fingerprint density at radius 3 is 2.85 bits per heavy atom. The van der Waals surface area contributed by atoms with E-state index in [1.807, 2.05) is 19.2 Å². The monoisotopic (exact) mass is 326 g/mol. The zero-order valence-electron chi connectivity index (χ0n) is 10.8. The summed E-state index contributed by atoms with van der Waals surface area (Å²) in [6, 6.07) is 1.82. The minimum atomic E-state index is 0.522. The Bertz CT molecular complexity index is 750. The molecule has 7 heteroatoms. The second-order valence-corrected chi connectivity index (χ2v) is 6.55. The fraction of sp³-hybridized carbons (Fsp3) is 0.308. The average molecular weight is 327 g/mol. The van der Waals surface area contributed by atoms with Gasteiger partial charge in [0.15, 0.2) is 5.65 Å². The molecule has 0 aromatic carbocycles. The van der Waals surface area contributed by atoms with Gasteiger partial charge < -0.3 is 4.57 Å². The molecule has 20 heavy (non-hydrogen) atoms. The number of nitrogens with zero attached hydrogens (tertiary/aromatic N) is 4. The third kappa shape index (κ3) is 2.66. The van der Waals surface area contributed by atoms with Gasteiger partial charge >= 0.3 is 0 Å². The molecule has 0 aliphatic heterocycles. The minimum Gasteiger partial charge on any atom is -0.306 e. The van der Waals surface area contributed by atoms with Crippen LogP contribution in [0.4, 0.5) is 0 Å². The first-order valence-corrected chi connectivity index (χ1v) is 7.88. The summed E-state index contributed by atoms with van der Waals surface area (Å²) in [6.07, 6.45) is 4.21. The largest absolute Gasteiger partial charge is 0.306 e. The van der Waals surface area contributed by atoms with Crippen LogP contribution in [0.3, 0.4) is 0 Å². The van der Waals surface area contributed by atoms with Crippen LogP contribution >= 0.6 is 34.5 Å². The molecule has 0 fully saturated rings. The van der Waals surface area contributed by atoms with E-state index in [-0.39, 0.29) is 0 Å². The molecule has 0 bridgehead atoms. The summed E-state index contributed by atoms with van der Waals surface area (Å²) < 4.78 is 2.06. The Morgan fingerprint density at radius 2 is 2.15 bits per heavy atom. The number of hydrogen-bond donors (Lipinski definition) is 0. The fourth-order valence-corrected chi connectivity index (χ4v) is 3.18. The number of fused-ring (bicyclic) bond motifs is 1. The fourth-order valence-electron chi connectivity index (χ4n) is 2.08. The Morgan fingerprint density at radius 1 is 1.30 bits per heavy atom. The predicted molar refractivity (Wildman–Crippen MR) is 82.9 cm³/mol. The van der Waals surface area contributed by atoms with Gasteiger partial charge in [0.2, 0.25) is 0 Å². The zero-order valence-corrected chi connectivity index (χ0v) is 13.1. The summed E-state index contributed by atoms with van der Waals surface area (Å²) in [6.45, 7) is 2.71.